The highest BCUT2D eigenvalue weighted by Crippen LogP contribution is 2.21. The van der Waals surface area contributed by atoms with E-state index in [4.69, 9.17) is 0 Å². The molecule has 17 heavy (non-hydrogen) atoms. The number of aryl methyl sites for hydroxylation is 1. The lowest BCUT2D eigenvalue weighted by Gasteiger charge is -2.15. The van der Waals surface area contributed by atoms with Crippen molar-refractivity contribution in [2.75, 3.05) is 18.9 Å². The Hall–Kier alpha value is -2.11. The summed E-state index contributed by atoms with van der Waals surface area (Å²) in [4.78, 5) is 23.2. The van der Waals surface area contributed by atoms with Crippen LogP contribution < -0.4 is 5.32 Å². The topological polar surface area (TPSA) is 75.5 Å². The average molecular weight is 237 g/mol. The average Bonchev–Trinajstić information content (AvgIpc) is 2.27. The fourth-order valence-corrected chi connectivity index (χ4v) is 1.30. The number of nitro groups is 1. The first kappa shape index (κ1) is 13.0. The van der Waals surface area contributed by atoms with Crippen LogP contribution in [0.3, 0.4) is 0 Å². The van der Waals surface area contributed by atoms with Crippen LogP contribution in [0.15, 0.2) is 18.2 Å². The van der Waals surface area contributed by atoms with Gasteiger partial charge in [0.05, 0.1) is 4.92 Å². The molecule has 0 aromatic heterocycles. The van der Waals surface area contributed by atoms with E-state index in [0.717, 1.165) is 0 Å². The second-order valence-electron chi connectivity index (χ2n) is 3.70. The Labute approximate surface area is 99.4 Å². The summed E-state index contributed by atoms with van der Waals surface area (Å²) >= 11 is 0. The van der Waals surface area contributed by atoms with Crippen molar-refractivity contribution < 1.29 is 9.72 Å². The number of rotatable bonds is 3. The molecule has 0 bridgehead atoms. The SMILES string of the molecule is CCN(C)C(=O)Nc1ccc([N+](=O)[O-])c(C)c1. The van der Waals surface area contributed by atoms with Crippen LogP contribution in [0.4, 0.5) is 16.2 Å². The molecule has 6 heteroatoms. The molecule has 1 rings (SSSR count). The molecule has 6 nitrogen and oxygen atoms in total. The minimum Gasteiger partial charge on any atom is -0.328 e. The first-order chi connectivity index (χ1) is 7.95. The summed E-state index contributed by atoms with van der Waals surface area (Å²) in [6.07, 6.45) is 0. The maximum absolute atomic E-state index is 11.6. The van der Waals surface area contributed by atoms with E-state index in [-0.39, 0.29) is 11.7 Å². The number of nitro benzene ring substituents is 1. The minimum absolute atomic E-state index is 0.0480. The van der Waals surface area contributed by atoms with Crippen molar-refractivity contribution in [3.05, 3.63) is 33.9 Å². The van der Waals surface area contributed by atoms with E-state index in [1.807, 2.05) is 6.92 Å². The first-order valence-corrected chi connectivity index (χ1v) is 5.23. The van der Waals surface area contributed by atoms with Gasteiger partial charge in [0, 0.05) is 30.9 Å². The quantitative estimate of drug-likeness (QED) is 0.647. The Morgan fingerprint density at radius 3 is 2.65 bits per heavy atom. The molecular formula is C11H15N3O3. The first-order valence-electron chi connectivity index (χ1n) is 5.23. The third-order valence-electron chi connectivity index (χ3n) is 2.47. The molecule has 2 amide bonds. The molecule has 0 radical (unpaired) electrons. The van der Waals surface area contributed by atoms with Gasteiger partial charge >= 0.3 is 6.03 Å². The highest BCUT2D eigenvalue weighted by atomic mass is 16.6. The van der Waals surface area contributed by atoms with Gasteiger partial charge in [-0.3, -0.25) is 10.1 Å². The Balaban J connectivity index is 2.84. The summed E-state index contributed by atoms with van der Waals surface area (Å²) in [6, 6.07) is 4.25. The molecule has 0 aliphatic heterocycles. The number of amides is 2. The minimum atomic E-state index is -0.445. The fourth-order valence-electron chi connectivity index (χ4n) is 1.30. The zero-order valence-electron chi connectivity index (χ0n) is 10.1. The number of carbonyl (C=O) groups is 1. The summed E-state index contributed by atoms with van der Waals surface area (Å²) < 4.78 is 0. The van der Waals surface area contributed by atoms with Crippen molar-refractivity contribution in [1.29, 1.82) is 0 Å². The molecule has 0 heterocycles. The third-order valence-corrected chi connectivity index (χ3v) is 2.47. The standard InChI is InChI=1S/C11H15N3O3/c1-4-13(3)11(15)12-9-5-6-10(14(16)17)8(2)7-9/h5-7H,4H2,1-3H3,(H,12,15). The Morgan fingerprint density at radius 1 is 1.53 bits per heavy atom. The smallest absolute Gasteiger partial charge is 0.321 e. The predicted octanol–water partition coefficient (Wildman–Crippen LogP) is 2.39. The van der Waals surface area contributed by atoms with Gasteiger partial charge in [-0.15, -0.1) is 0 Å². The van der Waals surface area contributed by atoms with Gasteiger partial charge < -0.3 is 10.2 Å². The Kier molecular flexibility index (Phi) is 4.03. The molecule has 92 valence electrons. The van der Waals surface area contributed by atoms with Gasteiger partial charge in [-0.05, 0) is 26.0 Å². The molecular weight excluding hydrogens is 222 g/mol. The van der Waals surface area contributed by atoms with E-state index in [9.17, 15) is 14.9 Å². The molecule has 0 saturated heterocycles. The highest BCUT2D eigenvalue weighted by molar-refractivity contribution is 5.89. The normalized spacial score (nSPS) is 9.82. The lowest BCUT2D eigenvalue weighted by molar-refractivity contribution is -0.385. The van der Waals surface area contributed by atoms with Crippen LogP contribution in [0.1, 0.15) is 12.5 Å². The van der Waals surface area contributed by atoms with Gasteiger partial charge in [-0.1, -0.05) is 0 Å². The number of nitrogens with one attached hydrogen (secondary N) is 1. The number of hydrogen-bond donors (Lipinski definition) is 1. The third kappa shape index (κ3) is 3.17. The summed E-state index contributed by atoms with van der Waals surface area (Å²) in [7, 11) is 1.67. The van der Waals surface area contributed by atoms with Gasteiger partial charge in [0.1, 0.15) is 0 Å². The molecule has 1 N–H and O–H groups in total. The number of carbonyl (C=O) groups excluding carboxylic acids is 1. The van der Waals surface area contributed by atoms with Crippen LogP contribution in [0.5, 0.6) is 0 Å². The van der Waals surface area contributed by atoms with Crippen LogP contribution in [0.25, 0.3) is 0 Å². The summed E-state index contributed by atoms with van der Waals surface area (Å²) in [5.74, 6) is 0. The molecule has 0 atom stereocenters. The maximum Gasteiger partial charge on any atom is 0.321 e. The number of hydrogen-bond acceptors (Lipinski definition) is 3. The molecule has 1 aromatic rings. The molecule has 1 aromatic carbocycles. The van der Waals surface area contributed by atoms with E-state index in [1.54, 1.807) is 20.0 Å². The Bertz CT molecular complexity index is 446. The number of benzene rings is 1. The molecule has 0 saturated carbocycles. The second kappa shape index (κ2) is 5.29. The second-order valence-corrected chi connectivity index (χ2v) is 3.70. The van der Waals surface area contributed by atoms with Crippen molar-refractivity contribution in [3.8, 4) is 0 Å². The van der Waals surface area contributed by atoms with Crippen molar-refractivity contribution in [3.63, 3.8) is 0 Å². The van der Waals surface area contributed by atoms with Crippen molar-refractivity contribution in [1.82, 2.24) is 4.90 Å². The van der Waals surface area contributed by atoms with E-state index in [1.165, 1.54) is 17.0 Å². The summed E-state index contributed by atoms with van der Waals surface area (Å²) in [5, 5.41) is 13.3. The highest BCUT2D eigenvalue weighted by Gasteiger charge is 2.12. The van der Waals surface area contributed by atoms with Crippen molar-refractivity contribution >= 4 is 17.4 Å². The van der Waals surface area contributed by atoms with Gasteiger partial charge in [-0.2, -0.15) is 0 Å². The van der Waals surface area contributed by atoms with E-state index in [2.05, 4.69) is 5.32 Å². The number of anilines is 1. The van der Waals surface area contributed by atoms with Crippen molar-refractivity contribution in [2.45, 2.75) is 13.8 Å². The Morgan fingerprint density at radius 2 is 2.18 bits per heavy atom. The summed E-state index contributed by atoms with van der Waals surface area (Å²) in [6.45, 7) is 4.09. The van der Waals surface area contributed by atoms with Gasteiger partial charge in [-0.25, -0.2) is 4.79 Å². The lowest BCUT2D eigenvalue weighted by Crippen LogP contribution is -2.30. The van der Waals surface area contributed by atoms with Gasteiger partial charge in [0.15, 0.2) is 0 Å². The molecule has 0 aliphatic rings. The van der Waals surface area contributed by atoms with Crippen LogP contribution in [-0.2, 0) is 0 Å². The predicted molar refractivity (Wildman–Crippen MR) is 65.2 cm³/mol. The maximum atomic E-state index is 11.6. The van der Waals surface area contributed by atoms with E-state index < -0.39 is 4.92 Å². The number of urea groups is 1. The van der Waals surface area contributed by atoms with Gasteiger partial charge in [0.25, 0.3) is 5.69 Å². The zero-order chi connectivity index (χ0) is 13.0. The lowest BCUT2D eigenvalue weighted by atomic mass is 10.2. The van der Waals surface area contributed by atoms with Crippen molar-refractivity contribution in [2.24, 2.45) is 0 Å². The molecule has 0 spiro atoms. The van der Waals surface area contributed by atoms with Crippen LogP contribution in [0, 0.1) is 17.0 Å². The zero-order valence-corrected chi connectivity index (χ0v) is 10.1. The monoisotopic (exact) mass is 237 g/mol. The van der Waals surface area contributed by atoms with Gasteiger partial charge in [0.2, 0.25) is 0 Å². The molecule has 0 fully saturated rings. The fraction of sp³-hybridized carbons (Fsp3) is 0.364. The van der Waals surface area contributed by atoms with Crippen LogP contribution >= 0.6 is 0 Å². The van der Waals surface area contributed by atoms with Crippen LogP contribution in [-0.4, -0.2) is 29.4 Å². The summed E-state index contributed by atoms with van der Waals surface area (Å²) in [5.41, 5.74) is 1.12. The van der Waals surface area contributed by atoms with E-state index in [0.29, 0.717) is 17.8 Å². The largest absolute Gasteiger partial charge is 0.328 e. The van der Waals surface area contributed by atoms with E-state index >= 15 is 0 Å². The molecule has 0 unspecified atom stereocenters. The van der Waals surface area contributed by atoms with Crippen LogP contribution in [0.2, 0.25) is 0 Å². The molecule has 0 aliphatic carbocycles. The number of nitrogens with zero attached hydrogens (tertiary/aromatic N) is 2.